The summed E-state index contributed by atoms with van der Waals surface area (Å²) in [5.74, 6) is -0.381. The predicted octanol–water partition coefficient (Wildman–Crippen LogP) is 4.45. The number of ether oxygens (including phenoxy) is 1. The van der Waals surface area contributed by atoms with Crippen LogP contribution in [0.1, 0.15) is 6.92 Å². The normalized spacial score (nSPS) is 13.7. The maximum atomic E-state index is 7.63. The third kappa shape index (κ3) is 4.25. The van der Waals surface area contributed by atoms with Gasteiger partial charge in [0.05, 0.1) is 0 Å². The van der Waals surface area contributed by atoms with Crippen LogP contribution in [0.5, 0.6) is 0 Å². The van der Waals surface area contributed by atoms with E-state index in [0.717, 1.165) is 5.20 Å². The molecule has 1 aromatic rings. The molecule has 0 aliphatic heterocycles. The van der Waals surface area contributed by atoms with E-state index in [1.54, 1.807) is 0 Å². The molecule has 0 amide bonds. The summed E-state index contributed by atoms with van der Waals surface area (Å²) in [5.41, 5.74) is 0. The summed E-state index contributed by atoms with van der Waals surface area (Å²) in [7, 11) is -1.92. The SMILES string of the molecule is C=C(C(C)OC(=N)C(Cl)(Cl)Cl)[Si](C)(C)c1ccccc1. The average molecular weight is 351 g/mol. The Morgan fingerprint density at radius 1 is 1.25 bits per heavy atom. The molecule has 0 saturated carbocycles. The fourth-order valence-electron chi connectivity index (χ4n) is 1.86. The van der Waals surface area contributed by atoms with E-state index in [1.165, 1.54) is 5.19 Å². The first-order chi connectivity index (χ1) is 9.06. The van der Waals surface area contributed by atoms with Crippen LogP contribution in [0.15, 0.2) is 42.1 Å². The molecule has 0 bridgehead atoms. The summed E-state index contributed by atoms with van der Waals surface area (Å²) in [5, 5.41) is 9.83. The smallest absolute Gasteiger partial charge is 0.265 e. The molecule has 0 aliphatic rings. The predicted molar refractivity (Wildman–Crippen MR) is 91.3 cm³/mol. The van der Waals surface area contributed by atoms with E-state index in [9.17, 15) is 0 Å². The second-order valence-corrected chi connectivity index (χ2v) is 11.9. The number of benzene rings is 1. The van der Waals surface area contributed by atoms with Gasteiger partial charge in [-0.2, -0.15) is 0 Å². The number of halogens is 3. The monoisotopic (exact) mass is 349 g/mol. The maximum absolute atomic E-state index is 7.63. The summed E-state index contributed by atoms with van der Waals surface area (Å²) in [6, 6.07) is 10.2. The minimum Gasteiger partial charge on any atom is -0.471 e. The fourth-order valence-corrected chi connectivity index (χ4v) is 4.47. The topological polar surface area (TPSA) is 33.1 Å². The Morgan fingerprint density at radius 3 is 2.20 bits per heavy atom. The molecule has 110 valence electrons. The number of nitrogens with one attached hydrogen (secondary N) is 1. The molecule has 1 N–H and O–H groups in total. The summed E-state index contributed by atoms with van der Waals surface area (Å²) >= 11 is 16.9. The fraction of sp³-hybridized carbons (Fsp3) is 0.357. The van der Waals surface area contributed by atoms with E-state index in [-0.39, 0.29) is 12.0 Å². The Morgan fingerprint density at radius 2 is 1.75 bits per heavy atom. The number of hydrogen-bond acceptors (Lipinski definition) is 2. The van der Waals surface area contributed by atoms with Gasteiger partial charge in [0.25, 0.3) is 3.79 Å². The van der Waals surface area contributed by atoms with Crippen LogP contribution in [0, 0.1) is 5.41 Å². The van der Waals surface area contributed by atoms with Gasteiger partial charge in [-0.1, -0.05) is 90.0 Å². The lowest BCUT2D eigenvalue weighted by atomic mass is 10.4. The number of alkyl halides is 3. The zero-order valence-corrected chi connectivity index (χ0v) is 15.0. The van der Waals surface area contributed by atoms with Crippen molar-refractivity contribution in [1.82, 2.24) is 0 Å². The highest BCUT2D eigenvalue weighted by Crippen LogP contribution is 2.29. The molecule has 0 spiro atoms. The molecule has 1 unspecified atom stereocenters. The van der Waals surface area contributed by atoms with Gasteiger partial charge in [-0.3, -0.25) is 5.41 Å². The van der Waals surface area contributed by atoms with Crippen molar-refractivity contribution in [3.63, 3.8) is 0 Å². The molecule has 1 atom stereocenters. The van der Waals surface area contributed by atoms with Crippen LogP contribution < -0.4 is 5.19 Å². The van der Waals surface area contributed by atoms with Crippen LogP contribution in [0.25, 0.3) is 0 Å². The third-order valence-electron chi connectivity index (χ3n) is 3.34. The first-order valence-corrected chi connectivity index (χ1v) is 10.3. The van der Waals surface area contributed by atoms with Gasteiger partial charge in [-0.15, -0.1) is 0 Å². The van der Waals surface area contributed by atoms with Crippen LogP contribution in [0.4, 0.5) is 0 Å². The molecule has 0 fully saturated rings. The largest absolute Gasteiger partial charge is 0.471 e. The van der Waals surface area contributed by atoms with Crippen molar-refractivity contribution in [3.8, 4) is 0 Å². The standard InChI is InChI=1S/C14H18Cl3NOSi/c1-10(19-13(18)14(15,16)17)11(2)20(3,4)12-8-6-5-7-9-12/h5-10,18H,2H2,1,3-4H3. The van der Waals surface area contributed by atoms with E-state index in [2.05, 4.69) is 31.8 Å². The molecule has 0 saturated heterocycles. The quantitative estimate of drug-likeness (QED) is 0.370. The molecule has 6 heteroatoms. The molecular formula is C14H18Cl3NOSi. The Kier molecular flexibility index (Phi) is 5.73. The molecule has 0 aromatic heterocycles. The summed E-state index contributed by atoms with van der Waals surface area (Å²) in [6.07, 6.45) is -0.375. The van der Waals surface area contributed by atoms with Gasteiger partial charge in [-0.05, 0) is 12.1 Å². The van der Waals surface area contributed by atoms with Crippen LogP contribution in [0.3, 0.4) is 0 Å². The number of rotatable bonds is 4. The van der Waals surface area contributed by atoms with Crippen molar-refractivity contribution in [1.29, 1.82) is 5.41 Å². The van der Waals surface area contributed by atoms with Crippen LogP contribution >= 0.6 is 34.8 Å². The highest BCUT2D eigenvalue weighted by atomic mass is 35.6. The van der Waals surface area contributed by atoms with E-state index >= 15 is 0 Å². The lowest BCUT2D eigenvalue weighted by molar-refractivity contribution is 0.243. The van der Waals surface area contributed by atoms with E-state index in [0.29, 0.717) is 0 Å². The molecular weight excluding hydrogens is 333 g/mol. The minimum absolute atomic E-state index is 0.375. The number of hydrogen-bond donors (Lipinski definition) is 1. The second kappa shape index (κ2) is 6.52. The van der Waals surface area contributed by atoms with Crippen LogP contribution in [-0.4, -0.2) is 23.9 Å². The lowest BCUT2D eigenvalue weighted by Crippen LogP contribution is -2.47. The Balaban J connectivity index is 2.87. The van der Waals surface area contributed by atoms with Gasteiger partial charge in [0.2, 0.25) is 5.90 Å². The summed E-state index contributed by atoms with van der Waals surface area (Å²) in [6.45, 7) is 10.3. The zero-order valence-electron chi connectivity index (χ0n) is 11.7. The van der Waals surface area contributed by atoms with Gasteiger partial charge >= 0.3 is 0 Å². The Bertz CT molecular complexity index is 497. The van der Waals surface area contributed by atoms with Gasteiger partial charge in [-0.25, -0.2) is 0 Å². The van der Waals surface area contributed by atoms with Crippen molar-refractivity contribution in [2.24, 2.45) is 0 Å². The van der Waals surface area contributed by atoms with Gasteiger partial charge in [0.15, 0.2) is 0 Å². The third-order valence-corrected chi connectivity index (χ3v) is 7.64. The van der Waals surface area contributed by atoms with Gasteiger partial charge in [0.1, 0.15) is 14.2 Å². The summed E-state index contributed by atoms with van der Waals surface area (Å²) < 4.78 is 3.57. The molecule has 20 heavy (non-hydrogen) atoms. The molecule has 0 aliphatic carbocycles. The maximum Gasteiger partial charge on any atom is 0.265 e. The van der Waals surface area contributed by atoms with Crippen LogP contribution in [0.2, 0.25) is 13.1 Å². The van der Waals surface area contributed by atoms with Crippen molar-refractivity contribution in [3.05, 3.63) is 42.1 Å². The van der Waals surface area contributed by atoms with Crippen molar-refractivity contribution < 1.29 is 4.74 Å². The van der Waals surface area contributed by atoms with Crippen molar-refractivity contribution in [2.45, 2.75) is 29.9 Å². The Labute approximate surface area is 136 Å². The highest BCUT2D eigenvalue weighted by Gasteiger charge is 2.35. The highest BCUT2D eigenvalue weighted by molar-refractivity contribution is 6.95. The molecule has 2 nitrogen and oxygen atoms in total. The first kappa shape index (κ1) is 17.6. The molecule has 1 aromatic carbocycles. The van der Waals surface area contributed by atoms with Gasteiger partial charge in [0, 0.05) is 0 Å². The molecule has 1 rings (SSSR count). The zero-order chi connectivity index (χ0) is 15.6. The van der Waals surface area contributed by atoms with E-state index < -0.39 is 11.9 Å². The first-order valence-electron chi connectivity index (χ1n) is 6.14. The van der Waals surface area contributed by atoms with Crippen LogP contribution in [-0.2, 0) is 4.74 Å². The Hall–Kier alpha value is -0.483. The van der Waals surface area contributed by atoms with Crippen molar-refractivity contribution in [2.75, 3.05) is 0 Å². The second-order valence-electron chi connectivity index (χ2n) is 5.10. The minimum atomic E-state index is -1.92. The molecule has 0 radical (unpaired) electrons. The average Bonchev–Trinajstić information content (AvgIpc) is 2.37. The lowest BCUT2D eigenvalue weighted by Gasteiger charge is -2.31. The van der Waals surface area contributed by atoms with Gasteiger partial charge < -0.3 is 4.74 Å². The summed E-state index contributed by atoms with van der Waals surface area (Å²) in [4.78, 5) is 0. The van der Waals surface area contributed by atoms with Crippen molar-refractivity contribution >= 4 is 54.0 Å². The van der Waals surface area contributed by atoms with E-state index in [1.807, 2.05) is 25.1 Å². The van der Waals surface area contributed by atoms with E-state index in [4.69, 9.17) is 44.9 Å². The molecule has 0 heterocycles.